The van der Waals surface area contributed by atoms with Crippen molar-refractivity contribution < 1.29 is 38.2 Å². The molecule has 0 aromatic carbocycles. The molecule has 8 heteroatoms. The van der Waals surface area contributed by atoms with Crippen molar-refractivity contribution in [2.75, 3.05) is 41.0 Å². The van der Waals surface area contributed by atoms with E-state index in [0.29, 0.717) is 12.8 Å². The Labute approximate surface area is 294 Å². The number of ether oxygens (including phenoxy) is 3. The standard InChI is InChI=1S/C40H73NO7/c1-6-8-10-12-14-16-17-18-19-20-21-22-23-25-27-29-31-39(43)48-36(34-46-33-32-37(40(44)45)41(3,4)5)35-47-38(42)30-28-26-24-15-13-11-9-7-2/h19-20,24,26,36-37H,6-18,21-23,25,27-35H2,1-5H3/b20-19+,26-24+. The van der Waals surface area contributed by atoms with Crippen molar-refractivity contribution in [1.29, 1.82) is 0 Å². The van der Waals surface area contributed by atoms with Gasteiger partial charge in [0.25, 0.3) is 0 Å². The van der Waals surface area contributed by atoms with Crippen molar-refractivity contribution >= 4 is 17.9 Å². The molecule has 0 saturated carbocycles. The minimum absolute atomic E-state index is 0.0278. The number of unbranched alkanes of at least 4 members (excludes halogenated alkanes) is 16. The number of hydrogen-bond donors (Lipinski definition) is 0. The normalized spacial score (nSPS) is 13.3. The van der Waals surface area contributed by atoms with Gasteiger partial charge >= 0.3 is 11.9 Å². The van der Waals surface area contributed by atoms with E-state index in [1.54, 1.807) is 21.1 Å². The Morgan fingerprint density at radius 2 is 1.08 bits per heavy atom. The number of allylic oxidation sites excluding steroid dienone is 4. The van der Waals surface area contributed by atoms with Gasteiger partial charge in [0.15, 0.2) is 6.10 Å². The van der Waals surface area contributed by atoms with Gasteiger partial charge in [-0.15, -0.1) is 0 Å². The molecule has 0 bridgehead atoms. The topological polar surface area (TPSA) is 102 Å². The van der Waals surface area contributed by atoms with E-state index in [-0.39, 0.29) is 49.1 Å². The predicted octanol–water partition coefficient (Wildman–Crippen LogP) is 8.41. The Morgan fingerprint density at radius 3 is 1.60 bits per heavy atom. The lowest BCUT2D eigenvalue weighted by Crippen LogP contribution is -2.55. The third-order valence-corrected chi connectivity index (χ3v) is 8.57. The van der Waals surface area contributed by atoms with Gasteiger partial charge in [-0.3, -0.25) is 9.59 Å². The Bertz CT molecular complexity index is 849. The van der Waals surface area contributed by atoms with Crippen molar-refractivity contribution in [2.24, 2.45) is 0 Å². The molecule has 0 spiro atoms. The van der Waals surface area contributed by atoms with Crippen LogP contribution < -0.4 is 5.11 Å². The van der Waals surface area contributed by atoms with Crippen LogP contribution in [-0.4, -0.2) is 75.5 Å². The minimum Gasteiger partial charge on any atom is -0.544 e. The number of quaternary nitrogens is 1. The number of aliphatic carboxylic acids is 1. The number of carboxylic acids is 1. The van der Waals surface area contributed by atoms with Gasteiger partial charge < -0.3 is 28.6 Å². The molecule has 0 radical (unpaired) electrons. The van der Waals surface area contributed by atoms with E-state index >= 15 is 0 Å². The molecule has 0 saturated heterocycles. The fraction of sp³-hybridized carbons (Fsp3) is 0.825. The van der Waals surface area contributed by atoms with Gasteiger partial charge in [0.1, 0.15) is 12.6 Å². The molecule has 48 heavy (non-hydrogen) atoms. The van der Waals surface area contributed by atoms with Gasteiger partial charge in [-0.25, -0.2) is 0 Å². The van der Waals surface area contributed by atoms with Crippen LogP contribution in [0.25, 0.3) is 0 Å². The van der Waals surface area contributed by atoms with Crippen LogP contribution in [0.3, 0.4) is 0 Å². The first-order valence-electron chi connectivity index (χ1n) is 19.4. The fourth-order valence-electron chi connectivity index (χ4n) is 5.49. The van der Waals surface area contributed by atoms with E-state index < -0.39 is 18.1 Å². The molecule has 0 heterocycles. The molecule has 0 aromatic rings. The second-order valence-electron chi connectivity index (χ2n) is 14.2. The third-order valence-electron chi connectivity index (χ3n) is 8.57. The maximum absolute atomic E-state index is 12.6. The molecule has 0 aliphatic heterocycles. The number of esters is 2. The maximum atomic E-state index is 12.6. The Hall–Kier alpha value is -2.19. The van der Waals surface area contributed by atoms with E-state index in [9.17, 15) is 19.5 Å². The maximum Gasteiger partial charge on any atom is 0.306 e. The van der Waals surface area contributed by atoms with Crippen molar-refractivity contribution in [3.63, 3.8) is 0 Å². The van der Waals surface area contributed by atoms with E-state index in [0.717, 1.165) is 44.9 Å². The number of carboxylic acid groups (broad SMARTS) is 1. The Morgan fingerprint density at radius 1 is 0.604 bits per heavy atom. The molecule has 280 valence electrons. The van der Waals surface area contributed by atoms with E-state index in [2.05, 4.69) is 32.1 Å². The highest BCUT2D eigenvalue weighted by molar-refractivity contribution is 5.70. The van der Waals surface area contributed by atoms with Gasteiger partial charge in [-0.2, -0.15) is 0 Å². The van der Waals surface area contributed by atoms with Crippen molar-refractivity contribution in [1.82, 2.24) is 0 Å². The molecule has 0 aliphatic carbocycles. The van der Waals surface area contributed by atoms with Crippen LogP contribution in [0.1, 0.15) is 162 Å². The number of carbonyl (C=O) groups excluding carboxylic acids is 3. The summed E-state index contributed by atoms with van der Waals surface area (Å²) in [6, 6.07) is -0.727. The summed E-state index contributed by atoms with van der Waals surface area (Å²) in [5.41, 5.74) is 0. The van der Waals surface area contributed by atoms with Crippen LogP contribution in [-0.2, 0) is 28.6 Å². The molecule has 8 nitrogen and oxygen atoms in total. The summed E-state index contributed by atoms with van der Waals surface area (Å²) in [5, 5.41) is 11.6. The highest BCUT2D eigenvalue weighted by Crippen LogP contribution is 2.12. The summed E-state index contributed by atoms with van der Waals surface area (Å²) in [6.07, 6.45) is 32.2. The smallest absolute Gasteiger partial charge is 0.306 e. The zero-order chi connectivity index (χ0) is 35.7. The van der Waals surface area contributed by atoms with Gasteiger partial charge in [0.05, 0.1) is 40.3 Å². The molecule has 2 unspecified atom stereocenters. The molecule has 0 rings (SSSR count). The second kappa shape index (κ2) is 32.0. The van der Waals surface area contributed by atoms with Gasteiger partial charge in [0, 0.05) is 19.3 Å². The molecular formula is C40H73NO7. The number of likely N-dealkylation sites (N-methyl/N-ethyl adjacent to an activating group) is 1. The summed E-state index contributed by atoms with van der Waals surface area (Å²) in [4.78, 5) is 36.5. The number of hydrogen-bond acceptors (Lipinski definition) is 7. The van der Waals surface area contributed by atoms with E-state index in [1.165, 1.54) is 77.0 Å². The van der Waals surface area contributed by atoms with Crippen LogP contribution in [0.2, 0.25) is 0 Å². The lowest BCUT2D eigenvalue weighted by molar-refractivity contribution is -0.889. The lowest BCUT2D eigenvalue weighted by atomic mass is 10.1. The highest BCUT2D eigenvalue weighted by Gasteiger charge is 2.25. The summed E-state index contributed by atoms with van der Waals surface area (Å²) < 4.78 is 17.0. The number of nitrogens with zero attached hydrogens (tertiary/aromatic N) is 1. The summed E-state index contributed by atoms with van der Waals surface area (Å²) in [5.74, 6) is -1.81. The van der Waals surface area contributed by atoms with Crippen LogP contribution in [0.15, 0.2) is 24.3 Å². The molecule has 0 aliphatic rings. The molecule has 0 fully saturated rings. The SMILES string of the molecule is CCCCCC/C=C/CCC(=O)OCC(COCCC(C(=O)[O-])[N+](C)(C)C)OC(=O)CCCCCCC/C=C/CCCCCCCCC. The van der Waals surface area contributed by atoms with Crippen molar-refractivity contribution in [3.8, 4) is 0 Å². The van der Waals surface area contributed by atoms with Gasteiger partial charge in [-0.1, -0.05) is 115 Å². The van der Waals surface area contributed by atoms with Gasteiger partial charge in [-0.05, 0) is 51.4 Å². The zero-order valence-electron chi connectivity index (χ0n) is 31.7. The fourth-order valence-corrected chi connectivity index (χ4v) is 5.49. The molecule has 0 N–H and O–H groups in total. The largest absolute Gasteiger partial charge is 0.544 e. The molecule has 0 amide bonds. The zero-order valence-corrected chi connectivity index (χ0v) is 31.7. The molecule has 2 atom stereocenters. The lowest BCUT2D eigenvalue weighted by Gasteiger charge is -2.34. The highest BCUT2D eigenvalue weighted by atomic mass is 16.6. The van der Waals surface area contributed by atoms with E-state index in [1.807, 2.05) is 6.08 Å². The van der Waals surface area contributed by atoms with Crippen LogP contribution in [0.5, 0.6) is 0 Å². The van der Waals surface area contributed by atoms with Gasteiger partial charge in [0.2, 0.25) is 0 Å². The van der Waals surface area contributed by atoms with Crippen LogP contribution >= 0.6 is 0 Å². The number of carbonyl (C=O) groups is 3. The second-order valence-corrected chi connectivity index (χ2v) is 14.2. The van der Waals surface area contributed by atoms with Crippen molar-refractivity contribution in [3.05, 3.63) is 24.3 Å². The Balaban J connectivity index is 4.40. The summed E-state index contributed by atoms with van der Waals surface area (Å²) in [7, 11) is 5.38. The Kier molecular flexibility index (Phi) is 30.6. The first kappa shape index (κ1) is 45.8. The molecular weight excluding hydrogens is 606 g/mol. The average Bonchev–Trinajstić information content (AvgIpc) is 3.03. The predicted molar refractivity (Wildman–Crippen MR) is 194 cm³/mol. The summed E-state index contributed by atoms with van der Waals surface area (Å²) in [6.45, 7) is 4.55. The summed E-state index contributed by atoms with van der Waals surface area (Å²) >= 11 is 0. The average molecular weight is 680 g/mol. The minimum atomic E-state index is -1.13. The van der Waals surface area contributed by atoms with Crippen molar-refractivity contribution in [2.45, 2.75) is 174 Å². The first-order chi connectivity index (χ1) is 23.1. The number of rotatable bonds is 34. The molecule has 0 aromatic heterocycles. The van der Waals surface area contributed by atoms with Crippen LogP contribution in [0.4, 0.5) is 0 Å². The van der Waals surface area contributed by atoms with E-state index in [4.69, 9.17) is 14.2 Å². The third kappa shape index (κ3) is 29.9. The van der Waals surface area contributed by atoms with Crippen LogP contribution in [0, 0.1) is 0 Å². The monoisotopic (exact) mass is 680 g/mol. The quantitative estimate of drug-likeness (QED) is 0.0291. The first-order valence-corrected chi connectivity index (χ1v) is 19.4.